The number of benzene rings is 1. The van der Waals surface area contributed by atoms with Gasteiger partial charge in [0.25, 0.3) is 0 Å². The second-order valence-electron chi connectivity index (χ2n) is 10.1. The van der Waals surface area contributed by atoms with Gasteiger partial charge in [-0.2, -0.15) is 5.26 Å². The van der Waals surface area contributed by atoms with Crippen molar-refractivity contribution in [3.05, 3.63) is 30.1 Å². The van der Waals surface area contributed by atoms with Crippen molar-refractivity contribution in [2.75, 3.05) is 0 Å². The maximum Gasteiger partial charge on any atom is 0.223 e. The van der Waals surface area contributed by atoms with E-state index in [1.807, 2.05) is 11.5 Å². The lowest BCUT2D eigenvalue weighted by atomic mass is 9.76. The Bertz CT molecular complexity index is 1090. The minimum Gasteiger partial charge on any atom is -0.350 e. The molecule has 1 amide bonds. The van der Waals surface area contributed by atoms with Gasteiger partial charge in [-0.1, -0.05) is 6.92 Å². The monoisotopic (exact) mass is 410 g/mol. The number of nitriles is 1. The summed E-state index contributed by atoms with van der Waals surface area (Å²) in [6, 6.07) is 4.99. The molecule has 1 N–H and O–H groups in total. The smallest absolute Gasteiger partial charge is 0.223 e. The first-order chi connectivity index (χ1) is 14.4. The molecule has 5 saturated carbocycles. The number of nitrogens with zero attached hydrogens (tertiary/aromatic N) is 3. The molecule has 2 bridgehead atoms. The van der Waals surface area contributed by atoms with Crippen molar-refractivity contribution in [2.24, 2.45) is 35.5 Å². The number of imidazole rings is 1. The summed E-state index contributed by atoms with van der Waals surface area (Å²) in [7, 11) is 0. The Morgan fingerprint density at radius 3 is 2.63 bits per heavy atom. The fourth-order valence-electron chi connectivity index (χ4n) is 6.98. The molecule has 0 spiro atoms. The lowest BCUT2D eigenvalue weighted by molar-refractivity contribution is -0.128. The zero-order chi connectivity index (χ0) is 20.8. The van der Waals surface area contributed by atoms with E-state index >= 15 is 0 Å². The van der Waals surface area contributed by atoms with Gasteiger partial charge in [-0.15, -0.1) is 0 Å². The number of carbonyl (C=O) groups is 1. The van der Waals surface area contributed by atoms with Crippen molar-refractivity contribution in [2.45, 2.75) is 50.6 Å². The predicted molar refractivity (Wildman–Crippen MR) is 105 cm³/mol. The summed E-state index contributed by atoms with van der Waals surface area (Å²) in [6.07, 6.45) is 6.28. The van der Waals surface area contributed by atoms with Gasteiger partial charge in [0.2, 0.25) is 5.91 Å². The molecule has 0 saturated heterocycles. The highest BCUT2D eigenvalue weighted by atomic mass is 19.2. The van der Waals surface area contributed by atoms with E-state index in [1.165, 1.54) is 6.07 Å². The van der Waals surface area contributed by atoms with Crippen molar-refractivity contribution >= 4 is 16.9 Å². The van der Waals surface area contributed by atoms with Crippen LogP contribution in [0.1, 0.15) is 45.1 Å². The molecule has 5 aliphatic rings. The normalized spacial score (nSPS) is 39.3. The quantitative estimate of drug-likeness (QED) is 0.830. The maximum atomic E-state index is 13.7. The van der Waals surface area contributed by atoms with E-state index < -0.39 is 11.6 Å². The van der Waals surface area contributed by atoms with Crippen LogP contribution < -0.4 is 5.32 Å². The first-order valence-electron chi connectivity index (χ1n) is 10.9. The Labute approximate surface area is 173 Å². The van der Waals surface area contributed by atoms with E-state index in [4.69, 9.17) is 0 Å². The summed E-state index contributed by atoms with van der Waals surface area (Å²) < 4.78 is 29.1. The van der Waals surface area contributed by atoms with Crippen LogP contribution >= 0.6 is 0 Å². The fraction of sp³-hybridized carbons (Fsp3) is 0.609. The number of amides is 1. The molecule has 30 heavy (non-hydrogen) atoms. The zero-order valence-corrected chi connectivity index (χ0v) is 16.8. The summed E-state index contributed by atoms with van der Waals surface area (Å²) in [5, 5.41) is 12.5. The molecule has 5 fully saturated rings. The minimum absolute atomic E-state index is 0.0263. The van der Waals surface area contributed by atoms with Gasteiger partial charge in [-0.05, 0) is 55.8 Å². The second kappa shape index (κ2) is 6.03. The summed E-state index contributed by atoms with van der Waals surface area (Å²) in [5.41, 5.74) is 0.983. The van der Waals surface area contributed by atoms with Crippen LogP contribution in [0.15, 0.2) is 18.5 Å². The molecular weight excluding hydrogens is 386 g/mol. The number of hydrogen-bond donors (Lipinski definition) is 1. The Kier molecular flexibility index (Phi) is 3.67. The van der Waals surface area contributed by atoms with E-state index in [0.717, 1.165) is 38.2 Å². The van der Waals surface area contributed by atoms with Crippen LogP contribution in [-0.2, 0) is 4.79 Å². The molecule has 7 rings (SSSR count). The molecule has 0 radical (unpaired) electrons. The first kappa shape index (κ1) is 18.3. The summed E-state index contributed by atoms with van der Waals surface area (Å²) in [5.74, 6) is 0.350. The Hall–Kier alpha value is -2.49. The van der Waals surface area contributed by atoms with Crippen LogP contribution in [0.2, 0.25) is 0 Å². The SMILES string of the molecule is CC(C(=O)NC12CC(C#N)C(C1)C2)C1[C@H]2CC(n3cnc4cc(F)c(F)cc43)C[C@@H]12. The van der Waals surface area contributed by atoms with Crippen molar-refractivity contribution in [3.8, 4) is 6.07 Å². The number of rotatable bonds is 4. The standard InChI is InChI=1S/C23H24F2N4O/c1-11(22(30)28-23-6-12(7-23)13(8-23)9-26)21-15-2-14(3-16(15)21)29-10-27-19-4-17(24)18(25)5-20(19)29/h4-5,10-16,21H,2-3,6-8H2,1H3,(H,28,30)/t11?,12?,13?,14?,15-,16+,21?,23?. The predicted octanol–water partition coefficient (Wildman–Crippen LogP) is 3.96. The number of carbonyl (C=O) groups excluding carboxylic acids is 1. The lowest BCUT2D eigenvalue weighted by Gasteiger charge is -2.40. The van der Waals surface area contributed by atoms with Gasteiger partial charge >= 0.3 is 0 Å². The van der Waals surface area contributed by atoms with E-state index in [9.17, 15) is 18.8 Å². The minimum atomic E-state index is -0.873. The van der Waals surface area contributed by atoms with Crippen LogP contribution in [0.4, 0.5) is 8.78 Å². The summed E-state index contributed by atoms with van der Waals surface area (Å²) in [6.45, 7) is 2.03. The van der Waals surface area contributed by atoms with Gasteiger partial charge in [0.05, 0.1) is 29.3 Å². The second-order valence-corrected chi connectivity index (χ2v) is 10.1. The zero-order valence-electron chi connectivity index (χ0n) is 16.8. The largest absolute Gasteiger partial charge is 0.350 e. The van der Waals surface area contributed by atoms with Gasteiger partial charge in [0, 0.05) is 29.6 Å². The third-order valence-corrected chi connectivity index (χ3v) is 8.53. The van der Waals surface area contributed by atoms with Crippen molar-refractivity contribution in [3.63, 3.8) is 0 Å². The molecule has 2 aromatic rings. The summed E-state index contributed by atoms with van der Waals surface area (Å²) >= 11 is 0. The molecule has 5 aliphatic carbocycles. The molecule has 7 heteroatoms. The Morgan fingerprint density at radius 1 is 1.27 bits per heavy atom. The molecule has 4 unspecified atom stereocenters. The van der Waals surface area contributed by atoms with Crippen LogP contribution in [0.25, 0.3) is 11.0 Å². The van der Waals surface area contributed by atoms with Gasteiger partial charge in [0.15, 0.2) is 11.6 Å². The molecule has 1 aromatic carbocycles. The molecule has 156 valence electrons. The Balaban J connectivity index is 1.10. The molecule has 1 aromatic heterocycles. The third kappa shape index (κ3) is 2.49. The Morgan fingerprint density at radius 2 is 1.97 bits per heavy atom. The van der Waals surface area contributed by atoms with Gasteiger partial charge in [-0.25, -0.2) is 13.8 Å². The number of hydrogen-bond acceptors (Lipinski definition) is 3. The highest BCUT2D eigenvalue weighted by molar-refractivity contribution is 5.80. The molecular formula is C23H24F2N4O. The van der Waals surface area contributed by atoms with Crippen LogP contribution in [0, 0.1) is 58.5 Å². The van der Waals surface area contributed by atoms with Crippen molar-refractivity contribution in [1.29, 1.82) is 5.26 Å². The average molecular weight is 410 g/mol. The van der Waals surface area contributed by atoms with Gasteiger partial charge in [-0.3, -0.25) is 4.79 Å². The number of halogens is 2. The highest BCUT2D eigenvalue weighted by Gasteiger charge is 2.61. The van der Waals surface area contributed by atoms with Gasteiger partial charge < -0.3 is 9.88 Å². The van der Waals surface area contributed by atoms with Crippen LogP contribution in [-0.4, -0.2) is 21.0 Å². The average Bonchev–Trinajstić information content (AvgIpc) is 3.16. The van der Waals surface area contributed by atoms with Crippen molar-refractivity contribution in [1.82, 2.24) is 14.9 Å². The maximum absolute atomic E-state index is 13.7. The highest BCUT2D eigenvalue weighted by Crippen LogP contribution is 2.64. The lowest BCUT2D eigenvalue weighted by Crippen LogP contribution is -2.53. The summed E-state index contributed by atoms with van der Waals surface area (Å²) in [4.78, 5) is 17.1. The van der Waals surface area contributed by atoms with Crippen molar-refractivity contribution < 1.29 is 13.6 Å². The third-order valence-electron chi connectivity index (χ3n) is 8.53. The number of nitrogens with one attached hydrogen (secondary N) is 1. The van der Waals surface area contributed by atoms with Crippen LogP contribution in [0.3, 0.4) is 0 Å². The van der Waals surface area contributed by atoms with E-state index in [2.05, 4.69) is 16.4 Å². The number of aromatic nitrogens is 2. The molecule has 5 nitrogen and oxygen atoms in total. The molecule has 6 atom stereocenters. The van der Waals surface area contributed by atoms with Crippen LogP contribution in [0.5, 0.6) is 0 Å². The fourth-order valence-corrected chi connectivity index (χ4v) is 6.98. The topological polar surface area (TPSA) is 70.7 Å². The molecule has 0 aliphatic heterocycles. The molecule has 1 heterocycles. The van der Waals surface area contributed by atoms with E-state index in [-0.39, 0.29) is 29.3 Å². The van der Waals surface area contributed by atoms with E-state index in [0.29, 0.717) is 34.7 Å². The van der Waals surface area contributed by atoms with E-state index in [1.54, 1.807) is 6.33 Å². The van der Waals surface area contributed by atoms with Gasteiger partial charge in [0.1, 0.15) is 0 Å². The first-order valence-corrected chi connectivity index (χ1v) is 10.9. The number of fused-ring (bicyclic) bond motifs is 3.